The fourth-order valence-corrected chi connectivity index (χ4v) is 5.93. The molecule has 1 aliphatic heterocycles. The predicted octanol–water partition coefficient (Wildman–Crippen LogP) is 4.70. The Morgan fingerprint density at radius 3 is 2.50 bits per heavy atom. The van der Waals surface area contributed by atoms with E-state index in [0.717, 1.165) is 71.6 Å². The summed E-state index contributed by atoms with van der Waals surface area (Å²) in [7, 11) is 0.577. The topological polar surface area (TPSA) is 52.6 Å². The predicted molar refractivity (Wildman–Crippen MR) is 116 cm³/mol. The first-order chi connectivity index (χ1) is 14.4. The highest BCUT2D eigenvalue weighted by molar-refractivity contribution is 7.85. The van der Waals surface area contributed by atoms with Crippen LogP contribution in [-0.4, -0.2) is 35.4 Å². The van der Waals surface area contributed by atoms with Gasteiger partial charge in [0.05, 0.1) is 19.3 Å². The van der Waals surface area contributed by atoms with E-state index in [4.69, 9.17) is 9.47 Å². The quantitative estimate of drug-likeness (QED) is 0.660. The molecule has 0 spiro atoms. The van der Waals surface area contributed by atoms with E-state index >= 15 is 0 Å². The van der Waals surface area contributed by atoms with E-state index in [9.17, 15) is 13.4 Å². The monoisotopic (exact) mass is 430 g/mol. The molecule has 2 aromatic rings. The molecule has 1 saturated heterocycles. The second-order valence-electron chi connectivity index (χ2n) is 8.60. The number of ether oxygens (including phenoxy) is 2. The molecule has 0 atom stereocenters. The van der Waals surface area contributed by atoms with Crippen molar-refractivity contribution in [3.8, 4) is 16.9 Å². The van der Waals surface area contributed by atoms with Gasteiger partial charge in [-0.2, -0.15) is 0 Å². The molecule has 0 aromatic heterocycles. The fourth-order valence-electron chi connectivity index (χ4n) is 4.29. The maximum Gasteiger partial charge on any atom is 0.340 e. The molecule has 0 radical (unpaired) electrons. The number of carbonyl (C=O) groups excluding carboxylic acids is 1. The Balaban J connectivity index is 1.60. The van der Waals surface area contributed by atoms with E-state index in [1.54, 1.807) is 6.07 Å². The van der Waals surface area contributed by atoms with Crippen LogP contribution in [0.2, 0.25) is 0 Å². The number of rotatable bonds is 4. The van der Waals surface area contributed by atoms with Crippen LogP contribution in [0.5, 0.6) is 5.75 Å². The lowest BCUT2D eigenvalue weighted by molar-refractivity contribution is 0.0595. The second kappa shape index (κ2) is 8.50. The van der Waals surface area contributed by atoms with Crippen molar-refractivity contribution in [2.45, 2.75) is 39.0 Å². The number of carbonyl (C=O) groups is 1. The van der Waals surface area contributed by atoms with E-state index in [1.165, 1.54) is 13.2 Å². The lowest BCUT2D eigenvalue weighted by Gasteiger charge is -2.32. The number of benzene rings is 2. The Labute approximate surface area is 179 Å². The Kier molecular flexibility index (Phi) is 5.96. The van der Waals surface area contributed by atoms with Gasteiger partial charge in [0.25, 0.3) is 0 Å². The first-order valence-corrected chi connectivity index (χ1v) is 11.9. The molecule has 4 nitrogen and oxygen atoms in total. The third-order valence-corrected chi connectivity index (χ3v) is 7.63. The standard InChI is InChI=1S/C24H27FO4S/c1-24(8-10-30(27)11-9-24)15-29-18-6-7-19-16(12-18)4-3-5-17-13-22(25)21(14-20(17)19)23(26)28-2/h6-7,12-14H,3-5,8-11,15H2,1-2H3. The van der Waals surface area contributed by atoms with E-state index in [1.807, 2.05) is 12.1 Å². The minimum absolute atomic E-state index is 0.0352. The van der Waals surface area contributed by atoms with E-state index in [-0.39, 0.29) is 11.0 Å². The molecule has 1 aliphatic carbocycles. The van der Waals surface area contributed by atoms with Crippen molar-refractivity contribution in [3.05, 3.63) is 52.8 Å². The minimum Gasteiger partial charge on any atom is -0.493 e. The number of esters is 1. The Morgan fingerprint density at radius 2 is 1.80 bits per heavy atom. The third-order valence-electron chi connectivity index (χ3n) is 6.31. The summed E-state index contributed by atoms with van der Waals surface area (Å²) >= 11 is 0. The van der Waals surface area contributed by atoms with Gasteiger partial charge in [0, 0.05) is 27.7 Å². The van der Waals surface area contributed by atoms with Gasteiger partial charge in [-0.05, 0) is 78.6 Å². The molecule has 0 bridgehead atoms. The summed E-state index contributed by atoms with van der Waals surface area (Å²) in [4.78, 5) is 12.0. The Morgan fingerprint density at radius 1 is 1.10 bits per heavy atom. The first-order valence-electron chi connectivity index (χ1n) is 10.4. The zero-order valence-corrected chi connectivity index (χ0v) is 18.3. The van der Waals surface area contributed by atoms with Crippen molar-refractivity contribution < 1.29 is 22.9 Å². The molecule has 1 heterocycles. The molecule has 4 rings (SSSR count). The van der Waals surface area contributed by atoms with E-state index < -0.39 is 22.6 Å². The number of hydrogen-bond acceptors (Lipinski definition) is 4. The van der Waals surface area contributed by atoms with Crippen molar-refractivity contribution in [3.63, 3.8) is 0 Å². The number of methoxy groups -OCH3 is 1. The summed E-state index contributed by atoms with van der Waals surface area (Å²) < 4.78 is 36.9. The molecule has 160 valence electrons. The van der Waals surface area contributed by atoms with Gasteiger partial charge in [-0.25, -0.2) is 9.18 Å². The second-order valence-corrected chi connectivity index (χ2v) is 10.3. The SMILES string of the molecule is COC(=O)c1cc2c(cc1F)CCCc1cc(OCC3(C)CCS(=O)CC3)ccc1-2. The van der Waals surface area contributed by atoms with Crippen LogP contribution in [0.25, 0.3) is 11.1 Å². The van der Waals surface area contributed by atoms with Crippen molar-refractivity contribution in [2.24, 2.45) is 5.41 Å². The van der Waals surface area contributed by atoms with Gasteiger partial charge in [-0.15, -0.1) is 0 Å². The summed E-state index contributed by atoms with van der Waals surface area (Å²) in [5.41, 5.74) is 3.98. The Bertz CT molecular complexity index is 991. The van der Waals surface area contributed by atoms with Crippen molar-refractivity contribution in [1.29, 1.82) is 0 Å². The maximum absolute atomic E-state index is 14.4. The van der Waals surface area contributed by atoms with Gasteiger partial charge in [-0.1, -0.05) is 13.0 Å². The van der Waals surface area contributed by atoms with Crippen LogP contribution in [0, 0.1) is 11.2 Å². The summed E-state index contributed by atoms with van der Waals surface area (Å²) in [6.45, 7) is 2.81. The molecular weight excluding hydrogens is 403 g/mol. The summed E-state index contributed by atoms with van der Waals surface area (Å²) in [5, 5.41) is 0. The summed E-state index contributed by atoms with van der Waals surface area (Å²) in [6, 6.07) is 9.10. The lowest BCUT2D eigenvalue weighted by Crippen LogP contribution is -2.33. The maximum atomic E-state index is 14.4. The van der Waals surface area contributed by atoms with E-state index in [2.05, 4.69) is 13.0 Å². The van der Waals surface area contributed by atoms with Gasteiger partial charge >= 0.3 is 5.97 Å². The Hall–Kier alpha value is -2.21. The van der Waals surface area contributed by atoms with E-state index in [0.29, 0.717) is 6.61 Å². The van der Waals surface area contributed by atoms with Gasteiger partial charge in [0.15, 0.2) is 0 Å². The number of halogens is 1. The fraction of sp³-hybridized carbons (Fsp3) is 0.458. The smallest absolute Gasteiger partial charge is 0.340 e. The third kappa shape index (κ3) is 4.29. The molecule has 0 N–H and O–H groups in total. The van der Waals surface area contributed by atoms with Crippen LogP contribution in [0.15, 0.2) is 30.3 Å². The van der Waals surface area contributed by atoms with Crippen LogP contribution in [0.1, 0.15) is 47.7 Å². The zero-order chi connectivity index (χ0) is 21.3. The van der Waals surface area contributed by atoms with Gasteiger partial charge in [0.1, 0.15) is 11.6 Å². The normalized spacial score (nSPS) is 23.1. The number of hydrogen-bond donors (Lipinski definition) is 0. The largest absolute Gasteiger partial charge is 0.493 e. The molecule has 30 heavy (non-hydrogen) atoms. The minimum atomic E-state index is -0.683. The van der Waals surface area contributed by atoms with Gasteiger partial charge < -0.3 is 9.47 Å². The molecular formula is C24H27FO4S. The summed E-state index contributed by atoms with van der Waals surface area (Å²) in [5.74, 6) is 1.12. The number of aryl methyl sites for hydroxylation is 2. The van der Waals surface area contributed by atoms with Crippen LogP contribution in [-0.2, 0) is 28.4 Å². The molecule has 2 aliphatic rings. The van der Waals surface area contributed by atoms with Crippen LogP contribution < -0.4 is 4.74 Å². The van der Waals surface area contributed by atoms with Gasteiger partial charge in [-0.3, -0.25) is 4.21 Å². The molecule has 0 unspecified atom stereocenters. The highest BCUT2D eigenvalue weighted by Crippen LogP contribution is 2.37. The molecule has 2 aromatic carbocycles. The molecule has 0 amide bonds. The summed E-state index contributed by atoms with van der Waals surface area (Å²) in [6.07, 6.45) is 4.37. The van der Waals surface area contributed by atoms with Gasteiger partial charge in [0.2, 0.25) is 0 Å². The molecule has 6 heteroatoms. The van der Waals surface area contributed by atoms with Crippen molar-refractivity contribution in [1.82, 2.24) is 0 Å². The van der Waals surface area contributed by atoms with Crippen molar-refractivity contribution in [2.75, 3.05) is 25.2 Å². The van der Waals surface area contributed by atoms with Crippen molar-refractivity contribution >= 4 is 16.8 Å². The highest BCUT2D eigenvalue weighted by atomic mass is 32.2. The van der Waals surface area contributed by atoms with Crippen LogP contribution >= 0.6 is 0 Å². The average Bonchev–Trinajstić information content (AvgIpc) is 2.92. The first kappa shape index (κ1) is 21.0. The van der Waals surface area contributed by atoms with Crippen LogP contribution in [0.3, 0.4) is 0 Å². The molecule has 0 saturated carbocycles. The zero-order valence-electron chi connectivity index (χ0n) is 17.5. The van der Waals surface area contributed by atoms with Crippen LogP contribution in [0.4, 0.5) is 4.39 Å². The highest BCUT2D eigenvalue weighted by Gasteiger charge is 2.30. The lowest BCUT2D eigenvalue weighted by atomic mass is 9.85. The average molecular weight is 431 g/mol. The molecule has 1 fully saturated rings. The number of fused-ring (bicyclic) bond motifs is 3.